The van der Waals surface area contributed by atoms with Gasteiger partial charge in [0.2, 0.25) is 0 Å². The molecule has 3 heteroatoms. The summed E-state index contributed by atoms with van der Waals surface area (Å²) in [6.45, 7) is 6.76. The van der Waals surface area contributed by atoms with Crippen molar-refractivity contribution in [2.75, 3.05) is 13.1 Å². The van der Waals surface area contributed by atoms with Gasteiger partial charge < -0.3 is 0 Å². The third-order valence-electron chi connectivity index (χ3n) is 3.61. The smallest absolute Gasteiger partial charge is 0.129 e. The van der Waals surface area contributed by atoms with Crippen molar-refractivity contribution in [2.24, 2.45) is 0 Å². The van der Waals surface area contributed by atoms with Crippen molar-refractivity contribution in [3.8, 4) is 0 Å². The number of likely N-dealkylation sites (tertiary alicyclic amines) is 1. The largest absolute Gasteiger partial charge is 0.296 e. The van der Waals surface area contributed by atoms with E-state index in [0.717, 1.165) is 5.69 Å². The number of nitrogens with zero attached hydrogens (tertiary/aromatic N) is 2. The Labute approximate surface area is 109 Å². The van der Waals surface area contributed by atoms with E-state index >= 15 is 0 Å². The Hall–Kier alpha value is -0.600. The van der Waals surface area contributed by atoms with E-state index in [2.05, 4.69) is 29.8 Å². The number of hydrogen-bond acceptors (Lipinski definition) is 2. The van der Waals surface area contributed by atoms with Gasteiger partial charge in [0, 0.05) is 11.7 Å². The van der Waals surface area contributed by atoms with Crippen LogP contribution in [0.3, 0.4) is 0 Å². The minimum atomic E-state index is 0.561. The normalized spacial score (nSPS) is 21.0. The van der Waals surface area contributed by atoms with Gasteiger partial charge in [0.15, 0.2) is 0 Å². The highest BCUT2D eigenvalue weighted by Gasteiger charge is 2.26. The third kappa shape index (κ3) is 2.99. The number of halogens is 1. The maximum absolute atomic E-state index is 5.92. The summed E-state index contributed by atoms with van der Waals surface area (Å²) in [5, 5.41) is 0.601. The molecule has 17 heavy (non-hydrogen) atoms. The van der Waals surface area contributed by atoms with E-state index in [1.54, 1.807) is 0 Å². The van der Waals surface area contributed by atoms with Gasteiger partial charge in [-0.3, -0.25) is 4.90 Å². The number of pyridine rings is 1. The molecule has 1 atom stereocenters. The van der Waals surface area contributed by atoms with E-state index in [1.807, 2.05) is 6.07 Å². The molecule has 1 aromatic rings. The van der Waals surface area contributed by atoms with Crippen molar-refractivity contribution in [3.63, 3.8) is 0 Å². The molecule has 0 aromatic carbocycles. The van der Waals surface area contributed by atoms with Gasteiger partial charge in [-0.15, -0.1) is 0 Å². The number of aromatic nitrogens is 1. The molecule has 0 radical (unpaired) electrons. The molecule has 0 spiro atoms. The zero-order valence-electron chi connectivity index (χ0n) is 10.7. The van der Waals surface area contributed by atoms with Crippen LogP contribution in [-0.4, -0.2) is 23.0 Å². The molecule has 1 aromatic heterocycles. The molecular formula is C14H21ClN2. The van der Waals surface area contributed by atoms with E-state index in [-0.39, 0.29) is 0 Å². The zero-order valence-corrected chi connectivity index (χ0v) is 11.5. The molecular weight excluding hydrogens is 232 g/mol. The summed E-state index contributed by atoms with van der Waals surface area (Å²) in [4.78, 5) is 6.97. The van der Waals surface area contributed by atoms with Crippen LogP contribution < -0.4 is 0 Å². The van der Waals surface area contributed by atoms with Crippen LogP contribution in [-0.2, 0) is 0 Å². The highest BCUT2D eigenvalue weighted by Crippen LogP contribution is 2.33. The van der Waals surface area contributed by atoms with E-state index in [1.165, 1.54) is 44.3 Å². The Balaban J connectivity index is 2.14. The summed E-state index contributed by atoms with van der Waals surface area (Å²) < 4.78 is 0. The number of rotatable bonds is 4. The fourth-order valence-electron chi connectivity index (χ4n) is 2.70. The second-order valence-corrected chi connectivity index (χ2v) is 5.24. The molecule has 1 aliphatic heterocycles. The molecule has 1 aliphatic rings. The Morgan fingerprint density at radius 3 is 3.00 bits per heavy atom. The summed E-state index contributed by atoms with van der Waals surface area (Å²) >= 11 is 5.92. The van der Waals surface area contributed by atoms with Gasteiger partial charge in [-0.1, -0.05) is 31.0 Å². The van der Waals surface area contributed by atoms with Crippen LogP contribution in [0.25, 0.3) is 0 Å². The number of hydrogen-bond donors (Lipinski definition) is 0. The fraction of sp³-hybridized carbons (Fsp3) is 0.643. The average molecular weight is 253 g/mol. The molecule has 0 N–H and O–H groups in total. The molecule has 1 saturated heterocycles. The standard InChI is InChI=1S/C14H21ClN2/c1-3-4-9-17-10-5-6-13(17)12-7-8-14(15)16-11(12)2/h7-8,13H,3-6,9-10H2,1-2H3/t13-/m1/s1. The van der Waals surface area contributed by atoms with Gasteiger partial charge >= 0.3 is 0 Å². The van der Waals surface area contributed by atoms with E-state index in [0.29, 0.717) is 11.2 Å². The predicted octanol–water partition coefficient (Wildman–Crippen LogP) is 3.98. The quantitative estimate of drug-likeness (QED) is 0.754. The molecule has 0 saturated carbocycles. The van der Waals surface area contributed by atoms with Gasteiger partial charge in [-0.25, -0.2) is 4.98 Å². The lowest BCUT2D eigenvalue weighted by molar-refractivity contribution is 0.252. The van der Waals surface area contributed by atoms with Crippen molar-refractivity contribution in [1.82, 2.24) is 9.88 Å². The van der Waals surface area contributed by atoms with Gasteiger partial charge in [-0.2, -0.15) is 0 Å². The van der Waals surface area contributed by atoms with Crippen molar-refractivity contribution in [2.45, 2.75) is 45.6 Å². The summed E-state index contributed by atoms with van der Waals surface area (Å²) in [5.41, 5.74) is 2.45. The van der Waals surface area contributed by atoms with Crippen LogP contribution in [0.1, 0.15) is 49.9 Å². The van der Waals surface area contributed by atoms with Gasteiger partial charge in [0.1, 0.15) is 5.15 Å². The maximum Gasteiger partial charge on any atom is 0.129 e. The first-order valence-corrected chi connectivity index (χ1v) is 6.97. The zero-order chi connectivity index (χ0) is 12.3. The Bertz CT molecular complexity index is 378. The lowest BCUT2D eigenvalue weighted by atomic mass is 10.0. The van der Waals surface area contributed by atoms with Crippen LogP contribution in [0.2, 0.25) is 5.15 Å². The first kappa shape index (κ1) is 12.8. The molecule has 0 bridgehead atoms. The SMILES string of the molecule is CCCCN1CCC[C@@H]1c1ccc(Cl)nc1C. The first-order valence-electron chi connectivity index (χ1n) is 6.59. The van der Waals surface area contributed by atoms with E-state index in [9.17, 15) is 0 Å². The van der Waals surface area contributed by atoms with Crippen LogP contribution >= 0.6 is 11.6 Å². The minimum absolute atomic E-state index is 0.561. The molecule has 2 rings (SSSR count). The second-order valence-electron chi connectivity index (χ2n) is 4.86. The van der Waals surface area contributed by atoms with Crippen molar-refractivity contribution in [1.29, 1.82) is 0 Å². The van der Waals surface area contributed by atoms with Gasteiger partial charge in [0.25, 0.3) is 0 Å². The topological polar surface area (TPSA) is 16.1 Å². The van der Waals surface area contributed by atoms with Gasteiger partial charge in [0.05, 0.1) is 0 Å². The lowest BCUT2D eigenvalue weighted by Gasteiger charge is -2.25. The van der Waals surface area contributed by atoms with Crippen molar-refractivity contribution >= 4 is 11.6 Å². The third-order valence-corrected chi connectivity index (χ3v) is 3.82. The number of aryl methyl sites for hydroxylation is 1. The lowest BCUT2D eigenvalue weighted by Crippen LogP contribution is -2.25. The second kappa shape index (κ2) is 5.83. The maximum atomic E-state index is 5.92. The van der Waals surface area contributed by atoms with Crippen molar-refractivity contribution in [3.05, 3.63) is 28.5 Å². The molecule has 94 valence electrons. The van der Waals surface area contributed by atoms with Crippen molar-refractivity contribution < 1.29 is 0 Å². The predicted molar refractivity (Wildman–Crippen MR) is 72.4 cm³/mol. The monoisotopic (exact) mass is 252 g/mol. The minimum Gasteiger partial charge on any atom is -0.296 e. The summed E-state index contributed by atoms with van der Waals surface area (Å²) in [7, 11) is 0. The molecule has 0 unspecified atom stereocenters. The Morgan fingerprint density at radius 2 is 2.29 bits per heavy atom. The molecule has 1 fully saturated rings. The van der Waals surface area contributed by atoms with Crippen LogP contribution in [0, 0.1) is 6.92 Å². The fourth-order valence-corrected chi connectivity index (χ4v) is 2.89. The van der Waals surface area contributed by atoms with E-state index in [4.69, 9.17) is 11.6 Å². The Kier molecular flexibility index (Phi) is 4.41. The highest BCUT2D eigenvalue weighted by atomic mass is 35.5. The molecule has 2 nitrogen and oxygen atoms in total. The highest BCUT2D eigenvalue weighted by molar-refractivity contribution is 6.29. The molecule has 0 amide bonds. The summed E-state index contributed by atoms with van der Waals surface area (Å²) in [6.07, 6.45) is 5.11. The van der Waals surface area contributed by atoms with E-state index < -0.39 is 0 Å². The summed E-state index contributed by atoms with van der Waals surface area (Å²) in [5.74, 6) is 0. The van der Waals surface area contributed by atoms with Crippen LogP contribution in [0.15, 0.2) is 12.1 Å². The summed E-state index contributed by atoms with van der Waals surface area (Å²) in [6, 6.07) is 4.63. The molecule has 0 aliphatic carbocycles. The van der Waals surface area contributed by atoms with Crippen LogP contribution in [0.5, 0.6) is 0 Å². The number of unbranched alkanes of at least 4 members (excludes halogenated alkanes) is 1. The Morgan fingerprint density at radius 1 is 1.47 bits per heavy atom. The van der Waals surface area contributed by atoms with Crippen LogP contribution in [0.4, 0.5) is 0 Å². The average Bonchev–Trinajstić information content (AvgIpc) is 2.74. The van der Waals surface area contributed by atoms with Gasteiger partial charge in [-0.05, 0) is 50.9 Å². The first-order chi connectivity index (χ1) is 8.22. The molecule has 2 heterocycles.